The first-order valence-corrected chi connectivity index (χ1v) is 5.87. The van der Waals surface area contributed by atoms with E-state index in [9.17, 15) is 10.1 Å². The molecular formula is C10H13ClN4O2. The number of hydrogen-bond acceptors (Lipinski definition) is 5. The molecule has 0 aliphatic carbocycles. The van der Waals surface area contributed by atoms with Crippen LogP contribution in [0.2, 0.25) is 5.15 Å². The standard InChI is InChI=1S/C10H13ClN4O2/c1-7-3-2-4-14(5-7)10-8(15(16)17)9(11)12-6-13-10/h6-7H,2-5H2,1H3. The predicted molar refractivity (Wildman–Crippen MR) is 64.3 cm³/mol. The molecular weight excluding hydrogens is 244 g/mol. The monoisotopic (exact) mass is 256 g/mol. The third-order valence-electron chi connectivity index (χ3n) is 2.90. The van der Waals surface area contributed by atoms with Gasteiger partial charge in [-0.2, -0.15) is 0 Å². The summed E-state index contributed by atoms with van der Waals surface area (Å²) < 4.78 is 0. The molecule has 1 aliphatic heterocycles. The van der Waals surface area contributed by atoms with Gasteiger partial charge in [0.2, 0.25) is 11.0 Å². The molecule has 92 valence electrons. The Morgan fingerprint density at radius 3 is 3.00 bits per heavy atom. The van der Waals surface area contributed by atoms with Crippen LogP contribution in [0.4, 0.5) is 11.5 Å². The van der Waals surface area contributed by atoms with Crippen LogP contribution >= 0.6 is 11.6 Å². The van der Waals surface area contributed by atoms with Crippen molar-refractivity contribution >= 4 is 23.1 Å². The van der Waals surface area contributed by atoms with Crippen molar-refractivity contribution in [2.45, 2.75) is 19.8 Å². The van der Waals surface area contributed by atoms with Crippen molar-refractivity contribution < 1.29 is 4.92 Å². The van der Waals surface area contributed by atoms with E-state index in [1.54, 1.807) is 0 Å². The van der Waals surface area contributed by atoms with Crippen LogP contribution in [-0.4, -0.2) is 28.0 Å². The second kappa shape index (κ2) is 4.83. The van der Waals surface area contributed by atoms with Crippen LogP contribution in [0.15, 0.2) is 6.33 Å². The molecule has 1 unspecified atom stereocenters. The van der Waals surface area contributed by atoms with Gasteiger partial charge in [0.05, 0.1) is 4.92 Å². The van der Waals surface area contributed by atoms with Crippen molar-refractivity contribution in [3.63, 3.8) is 0 Å². The molecule has 0 radical (unpaired) electrons. The highest BCUT2D eigenvalue weighted by molar-refractivity contribution is 6.31. The first kappa shape index (κ1) is 12.0. The summed E-state index contributed by atoms with van der Waals surface area (Å²) in [6.07, 6.45) is 3.42. The van der Waals surface area contributed by atoms with E-state index < -0.39 is 4.92 Å². The molecule has 1 aromatic rings. The van der Waals surface area contributed by atoms with Crippen molar-refractivity contribution in [3.8, 4) is 0 Å². The molecule has 1 aliphatic rings. The normalized spacial score (nSPS) is 20.4. The summed E-state index contributed by atoms with van der Waals surface area (Å²) in [5, 5.41) is 10.9. The topological polar surface area (TPSA) is 72.2 Å². The number of halogens is 1. The van der Waals surface area contributed by atoms with E-state index in [-0.39, 0.29) is 10.8 Å². The van der Waals surface area contributed by atoms with E-state index in [4.69, 9.17) is 11.6 Å². The van der Waals surface area contributed by atoms with Gasteiger partial charge in [-0.25, -0.2) is 9.97 Å². The number of rotatable bonds is 2. The fourth-order valence-electron chi connectivity index (χ4n) is 2.12. The Bertz CT molecular complexity index is 440. The fourth-order valence-corrected chi connectivity index (χ4v) is 2.32. The second-order valence-corrected chi connectivity index (χ2v) is 4.65. The van der Waals surface area contributed by atoms with Gasteiger partial charge in [-0.15, -0.1) is 0 Å². The van der Waals surface area contributed by atoms with Gasteiger partial charge in [0.1, 0.15) is 6.33 Å². The molecule has 0 saturated carbocycles. The third kappa shape index (κ3) is 2.46. The van der Waals surface area contributed by atoms with E-state index in [1.807, 2.05) is 4.90 Å². The Kier molecular flexibility index (Phi) is 3.42. The SMILES string of the molecule is CC1CCCN(c2ncnc(Cl)c2[N+](=O)[O-])C1. The van der Waals surface area contributed by atoms with Crippen molar-refractivity contribution in [1.29, 1.82) is 0 Å². The highest BCUT2D eigenvalue weighted by Gasteiger charge is 2.28. The average molecular weight is 257 g/mol. The van der Waals surface area contributed by atoms with E-state index in [0.717, 1.165) is 25.9 Å². The van der Waals surface area contributed by atoms with Crippen molar-refractivity contribution in [2.75, 3.05) is 18.0 Å². The van der Waals surface area contributed by atoms with Gasteiger partial charge >= 0.3 is 5.69 Å². The molecule has 2 heterocycles. The highest BCUT2D eigenvalue weighted by atomic mass is 35.5. The van der Waals surface area contributed by atoms with E-state index in [2.05, 4.69) is 16.9 Å². The van der Waals surface area contributed by atoms with Gasteiger partial charge in [0, 0.05) is 13.1 Å². The molecule has 0 spiro atoms. The first-order chi connectivity index (χ1) is 8.09. The van der Waals surface area contributed by atoms with Crippen LogP contribution in [-0.2, 0) is 0 Å². The number of hydrogen-bond donors (Lipinski definition) is 0. The maximum Gasteiger partial charge on any atom is 0.348 e. The van der Waals surface area contributed by atoms with E-state index >= 15 is 0 Å². The minimum atomic E-state index is -0.517. The zero-order chi connectivity index (χ0) is 12.4. The van der Waals surface area contributed by atoms with Crippen LogP contribution in [0, 0.1) is 16.0 Å². The summed E-state index contributed by atoms with van der Waals surface area (Å²) in [5.41, 5.74) is -0.191. The summed E-state index contributed by atoms with van der Waals surface area (Å²) in [4.78, 5) is 20.0. The second-order valence-electron chi connectivity index (χ2n) is 4.29. The zero-order valence-electron chi connectivity index (χ0n) is 9.47. The molecule has 0 N–H and O–H groups in total. The van der Waals surface area contributed by atoms with Gasteiger partial charge in [0.15, 0.2) is 0 Å². The first-order valence-electron chi connectivity index (χ1n) is 5.49. The lowest BCUT2D eigenvalue weighted by Crippen LogP contribution is -2.35. The van der Waals surface area contributed by atoms with Gasteiger partial charge in [0.25, 0.3) is 0 Å². The quantitative estimate of drug-likeness (QED) is 0.461. The Balaban J connectivity index is 2.37. The lowest BCUT2D eigenvalue weighted by atomic mass is 10.0. The van der Waals surface area contributed by atoms with Gasteiger partial charge in [-0.05, 0) is 18.8 Å². The summed E-state index contributed by atoms with van der Waals surface area (Å²) in [6, 6.07) is 0. The number of nitro groups is 1. The molecule has 0 aromatic carbocycles. The van der Waals surface area contributed by atoms with Crippen LogP contribution in [0.5, 0.6) is 0 Å². The maximum atomic E-state index is 11.0. The molecule has 0 bridgehead atoms. The van der Waals surface area contributed by atoms with E-state index in [0.29, 0.717) is 11.7 Å². The van der Waals surface area contributed by atoms with Crippen molar-refractivity contribution in [2.24, 2.45) is 5.92 Å². The number of piperidine rings is 1. The maximum absolute atomic E-state index is 11.0. The molecule has 0 amide bonds. The Labute approximate surface area is 104 Å². The van der Waals surface area contributed by atoms with E-state index in [1.165, 1.54) is 6.33 Å². The van der Waals surface area contributed by atoms with Crippen molar-refractivity contribution in [1.82, 2.24) is 9.97 Å². The Morgan fingerprint density at radius 2 is 2.35 bits per heavy atom. The molecule has 1 fully saturated rings. The number of aromatic nitrogens is 2. The molecule has 1 saturated heterocycles. The molecule has 1 aromatic heterocycles. The largest absolute Gasteiger partial charge is 0.350 e. The Hall–Kier alpha value is -1.43. The zero-order valence-corrected chi connectivity index (χ0v) is 10.2. The smallest absolute Gasteiger partial charge is 0.348 e. The number of anilines is 1. The predicted octanol–water partition coefficient (Wildman–Crippen LogP) is 2.27. The molecule has 2 rings (SSSR count). The van der Waals surface area contributed by atoms with Gasteiger partial charge < -0.3 is 4.90 Å². The van der Waals surface area contributed by atoms with Crippen LogP contribution in [0.3, 0.4) is 0 Å². The lowest BCUT2D eigenvalue weighted by Gasteiger charge is -2.31. The third-order valence-corrected chi connectivity index (χ3v) is 3.17. The summed E-state index contributed by atoms with van der Waals surface area (Å²) in [7, 11) is 0. The molecule has 1 atom stereocenters. The van der Waals surface area contributed by atoms with Crippen LogP contribution in [0.25, 0.3) is 0 Å². The summed E-state index contributed by atoms with van der Waals surface area (Å²) in [5.74, 6) is 0.846. The lowest BCUT2D eigenvalue weighted by molar-refractivity contribution is -0.384. The molecule has 6 nitrogen and oxygen atoms in total. The van der Waals surface area contributed by atoms with Crippen LogP contribution < -0.4 is 4.90 Å². The summed E-state index contributed by atoms with van der Waals surface area (Å²) in [6.45, 7) is 3.67. The fraction of sp³-hybridized carbons (Fsp3) is 0.600. The van der Waals surface area contributed by atoms with Gasteiger partial charge in [-0.1, -0.05) is 18.5 Å². The average Bonchev–Trinajstić information content (AvgIpc) is 2.28. The minimum absolute atomic E-state index is 0.0989. The summed E-state index contributed by atoms with van der Waals surface area (Å²) >= 11 is 5.76. The van der Waals surface area contributed by atoms with Gasteiger partial charge in [-0.3, -0.25) is 10.1 Å². The van der Waals surface area contributed by atoms with Crippen LogP contribution in [0.1, 0.15) is 19.8 Å². The van der Waals surface area contributed by atoms with Crippen molar-refractivity contribution in [3.05, 3.63) is 21.6 Å². The minimum Gasteiger partial charge on any atom is -0.350 e. The molecule has 17 heavy (non-hydrogen) atoms. The molecule has 7 heteroatoms. The Morgan fingerprint density at radius 1 is 1.59 bits per heavy atom. The number of nitrogens with zero attached hydrogens (tertiary/aromatic N) is 4. The highest BCUT2D eigenvalue weighted by Crippen LogP contribution is 2.33.